The molecule has 0 aromatic carbocycles. The molecule has 27 heteroatoms. The highest BCUT2D eigenvalue weighted by atomic mass is 32.5. The quantitative estimate of drug-likeness (QED) is 0.0686. The molecule has 4 aromatic rings. The molecule has 0 amide bonds. The van der Waals surface area contributed by atoms with E-state index in [2.05, 4.69) is 41.7 Å². The van der Waals surface area contributed by atoms with Crippen molar-refractivity contribution in [3.05, 3.63) is 21.9 Å². The maximum Gasteiger partial charge on any atom is 0.327 e. The predicted molar refractivity (Wildman–Crippen MR) is 177 cm³/mol. The van der Waals surface area contributed by atoms with Crippen molar-refractivity contribution in [1.82, 2.24) is 39.0 Å². The Hall–Kier alpha value is -2.00. The van der Waals surface area contributed by atoms with E-state index in [1.807, 2.05) is 0 Å². The third kappa shape index (κ3) is 6.97. The van der Waals surface area contributed by atoms with Gasteiger partial charge in [-0.05, 0) is 23.6 Å². The Morgan fingerprint density at radius 1 is 0.833 bits per heavy atom. The van der Waals surface area contributed by atoms with E-state index in [4.69, 9.17) is 75.3 Å². The minimum atomic E-state index is -4.17. The number of aliphatic hydroxyl groups excluding tert-OH is 3. The number of nitrogens with zero attached hydrogens (tertiary/aromatic N) is 6. The smallest absolute Gasteiger partial charge is 0.327 e. The molecule has 262 valence electrons. The molecule has 2 fully saturated rings. The van der Waals surface area contributed by atoms with E-state index < -0.39 is 75.7 Å². The molecule has 21 nitrogen and oxygen atoms in total. The summed E-state index contributed by atoms with van der Waals surface area (Å²) in [5.74, 6) is -0.0134. The fourth-order valence-corrected chi connectivity index (χ4v) is 7.82. The minimum Gasteiger partial charge on any atom is -0.387 e. The lowest BCUT2D eigenvalue weighted by molar-refractivity contribution is -0.0546. The van der Waals surface area contributed by atoms with E-state index in [1.54, 1.807) is 0 Å². The molecule has 2 aliphatic heterocycles. The monoisotopic (exact) mass is 786 g/mol. The number of aromatic nitrogens is 8. The molecule has 9 atom stereocenters. The molecule has 5 unspecified atom stereocenters. The summed E-state index contributed by atoms with van der Waals surface area (Å²) in [5, 5.41) is 33.1. The van der Waals surface area contributed by atoms with Crippen LogP contribution in [-0.4, -0.2) is 121 Å². The van der Waals surface area contributed by atoms with Crippen LogP contribution in [0.2, 0.25) is 0 Å². The summed E-state index contributed by atoms with van der Waals surface area (Å²) >= 11 is 20.6. The Morgan fingerprint density at radius 2 is 1.33 bits per heavy atom. The number of ether oxygens (including phenoxy) is 2. The van der Waals surface area contributed by atoms with E-state index in [-0.39, 0.29) is 38.0 Å². The van der Waals surface area contributed by atoms with Crippen LogP contribution in [0.1, 0.15) is 12.5 Å². The summed E-state index contributed by atoms with van der Waals surface area (Å²) in [6.45, 7) is -8.98. The molecule has 0 radical (unpaired) electrons. The molecule has 0 bridgehead atoms. The molecule has 2 saturated heterocycles. The van der Waals surface area contributed by atoms with E-state index in [1.165, 1.54) is 28.9 Å². The van der Waals surface area contributed by atoms with Crippen molar-refractivity contribution in [3.63, 3.8) is 0 Å². The lowest BCUT2D eigenvalue weighted by Crippen LogP contribution is -2.37. The average Bonchev–Trinajstić information content (AvgIpc) is 3.76. The second-order valence-electron chi connectivity index (χ2n) is 10.4. The maximum absolute atomic E-state index is 11.4. The third-order valence-electron chi connectivity index (χ3n) is 7.37. The number of H-pyrrole nitrogens is 2. The molecule has 6 heterocycles. The molecule has 48 heavy (non-hydrogen) atoms. The first-order chi connectivity index (χ1) is 22.6. The van der Waals surface area contributed by atoms with Crippen LogP contribution in [0, 0.1) is 9.28 Å². The maximum atomic E-state index is 11.4. The zero-order valence-electron chi connectivity index (χ0n) is 24.2. The fourth-order valence-electron chi connectivity index (χ4n) is 5.18. The molecule has 0 saturated carbocycles. The van der Waals surface area contributed by atoms with Gasteiger partial charge in [-0.2, -0.15) is 9.97 Å². The van der Waals surface area contributed by atoms with Gasteiger partial charge in [0, 0.05) is 7.11 Å². The number of nitrogens with one attached hydrogen (secondary N) is 2. The van der Waals surface area contributed by atoms with Crippen molar-refractivity contribution >= 4 is 95.7 Å². The van der Waals surface area contributed by atoms with Crippen molar-refractivity contribution in [1.29, 1.82) is 0 Å². The number of imidazole rings is 2. The molecular weight excluding hydrogens is 759 g/mol. The molecule has 0 spiro atoms. The Bertz CT molecular complexity index is 2060. The summed E-state index contributed by atoms with van der Waals surface area (Å²) in [7, 11) is 1.20. The second kappa shape index (κ2) is 13.6. The fraction of sp³-hybridized carbons (Fsp3) is 0.524. The Labute approximate surface area is 289 Å². The highest BCUT2D eigenvalue weighted by molar-refractivity contribution is 8.07. The minimum absolute atomic E-state index is 0.00706. The standard InChI is InChI=1S/C21H28N10O11P2S4/c1-37-44(48,39-2-6-10(32)11(33)18(40-6)30-4-24-8-14(30)26-20(22)28-16(8)45)42-13-7(3-38-43(35,36)47)41-19(12(13)34)31-5-25-9-15(31)27-21(23)29-17(9)46/h4-7,10-13,18-19,32-34H,2-3H2,1H3,(H2,35,36,47)(H3,22,26,28,45)(H3,23,27,29,46)/t6-,7-,10?,11?,12?,13?,18-,19-,44?/m1/s1. The highest BCUT2D eigenvalue weighted by Gasteiger charge is 2.50. The predicted octanol–water partition coefficient (Wildman–Crippen LogP) is -0.468. The van der Waals surface area contributed by atoms with Crippen LogP contribution in [0.25, 0.3) is 22.3 Å². The third-order valence-corrected chi connectivity index (χ3v) is 11.2. The number of rotatable bonds is 11. The van der Waals surface area contributed by atoms with E-state index in [0.29, 0.717) is 5.52 Å². The molecule has 11 N–H and O–H groups in total. The number of hydrogen-bond acceptors (Lipinski definition) is 19. The average molecular weight is 787 g/mol. The number of fused-ring (bicyclic) bond motifs is 2. The van der Waals surface area contributed by atoms with E-state index in [0.717, 1.165) is 0 Å². The lowest BCUT2D eigenvalue weighted by atomic mass is 10.1. The van der Waals surface area contributed by atoms with Gasteiger partial charge >= 0.3 is 13.4 Å². The molecule has 6 rings (SSSR count). The molecular formula is C21H28N10O11P2S4. The number of hydrogen-bond donors (Lipinski definition) is 9. The first kappa shape index (κ1) is 35.8. The number of aliphatic hydroxyl groups is 3. The Kier molecular flexibility index (Phi) is 10.2. The van der Waals surface area contributed by atoms with Gasteiger partial charge in [-0.3, -0.25) is 13.7 Å². The number of nitrogen functional groups attached to an aromatic ring is 2. The van der Waals surface area contributed by atoms with Crippen LogP contribution in [0.15, 0.2) is 12.7 Å². The van der Waals surface area contributed by atoms with Gasteiger partial charge in [0.05, 0.1) is 25.9 Å². The highest BCUT2D eigenvalue weighted by Crippen LogP contribution is 2.54. The van der Waals surface area contributed by atoms with E-state index in [9.17, 15) is 25.1 Å². The van der Waals surface area contributed by atoms with Crippen LogP contribution in [0.5, 0.6) is 0 Å². The van der Waals surface area contributed by atoms with Crippen LogP contribution >= 0.6 is 37.9 Å². The van der Waals surface area contributed by atoms with Gasteiger partial charge in [0.2, 0.25) is 11.9 Å². The first-order valence-corrected chi connectivity index (χ1v) is 19.6. The first-order valence-electron chi connectivity index (χ1n) is 13.6. The number of nitrogens with two attached hydrogens (primary N) is 2. The summed E-state index contributed by atoms with van der Waals surface area (Å²) < 4.78 is 37.3. The summed E-state index contributed by atoms with van der Waals surface area (Å²) in [4.78, 5) is 41.5. The lowest BCUT2D eigenvalue weighted by Gasteiger charge is -2.28. The van der Waals surface area contributed by atoms with Crippen molar-refractivity contribution in [2.75, 3.05) is 31.8 Å². The molecule has 4 aromatic heterocycles. The summed E-state index contributed by atoms with van der Waals surface area (Å²) in [5.41, 5.74) is 12.5. The van der Waals surface area contributed by atoms with Crippen LogP contribution in [-0.2, 0) is 51.2 Å². The number of anilines is 2. The van der Waals surface area contributed by atoms with Crippen molar-refractivity contribution in [3.8, 4) is 0 Å². The van der Waals surface area contributed by atoms with Gasteiger partial charge in [0.15, 0.2) is 23.8 Å². The van der Waals surface area contributed by atoms with Crippen LogP contribution in [0.4, 0.5) is 11.9 Å². The Morgan fingerprint density at radius 3 is 1.85 bits per heavy atom. The van der Waals surface area contributed by atoms with Gasteiger partial charge < -0.3 is 69.6 Å². The van der Waals surface area contributed by atoms with Gasteiger partial charge in [-0.1, -0.05) is 24.4 Å². The van der Waals surface area contributed by atoms with Gasteiger partial charge in [-0.15, -0.1) is 0 Å². The van der Waals surface area contributed by atoms with Crippen molar-refractivity contribution < 1.29 is 52.7 Å². The molecule has 0 aliphatic carbocycles. The van der Waals surface area contributed by atoms with Gasteiger partial charge in [0.1, 0.15) is 56.9 Å². The molecule has 2 aliphatic rings. The van der Waals surface area contributed by atoms with Crippen molar-refractivity contribution in [2.45, 2.75) is 49.1 Å². The largest absolute Gasteiger partial charge is 0.387 e. The number of aromatic amines is 2. The summed E-state index contributed by atoms with van der Waals surface area (Å²) in [6.07, 6.45) is -8.02. The van der Waals surface area contributed by atoms with E-state index >= 15 is 0 Å². The summed E-state index contributed by atoms with van der Waals surface area (Å²) in [6, 6.07) is 0. The normalized spacial score (nSPS) is 29.2. The SMILES string of the molecule is COP(=S)(OC[C@H]1O[C@@H](n2cnc3c(=S)[nH]c(N)nc32)C(O)C1O)OC1C(O)[C@H](n2cnc3c(=S)[nH]c(N)nc32)O[C@@H]1COP(O)(O)=S. The Balaban J connectivity index is 1.21. The van der Waals surface area contributed by atoms with Gasteiger partial charge in [-0.25, -0.2) is 9.97 Å². The van der Waals surface area contributed by atoms with Crippen LogP contribution < -0.4 is 11.5 Å². The van der Waals surface area contributed by atoms with Crippen molar-refractivity contribution in [2.24, 2.45) is 0 Å². The second-order valence-corrected chi connectivity index (χ2v) is 17.0. The van der Waals surface area contributed by atoms with Gasteiger partial charge in [0.25, 0.3) is 0 Å². The topological polar surface area (TPSA) is 302 Å². The zero-order chi connectivity index (χ0) is 34.7. The van der Waals surface area contributed by atoms with Crippen LogP contribution in [0.3, 0.4) is 0 Å². The zero-order valence-corrected chi connectivity index (χ0v) is 29.3.